The van der Waals surface area contributed by atoms with Crippen molar-refractivity contribution in [2.45, 2.75) is 169 Å². The van der Waals surface area contributed by atoms with Gasteiger partial charge in [0.15, 0.2) is 0 Å². The smallest absolute Gasteiger partial charge is 0.306 e. The summed E-state index contributed by atoms with van der Waals surface area (Å²) in [5.41, 5.74) is 5.70. The molecule has 2 aliphatic rings. The molecule has 2 N–H and O–H groups in total. The number of likely N-dealkylation sites (tertiary alicyclic amines) is 1. The molecule has 0 radical (unpaired) electrons. The molecule has 3 aromatic carbocycles. The summed E-state index contributed by atoms with van der Waals surface area (Å²) in [6.45, 7) is 20.8. The summed E-state index contributed by atoms with van der Waals surface area (Å²) < 4.78 is 23.3. The quantitative estimate of drug-likeness (QED) is 0.0470. The van der Waals surface area contributed by atoms with Crippen LogP contribution in [0.2, 0.25) is 0 Å². The number of hydrogen-bond donors (Lipinski definition) is 2. The van der Waals surface area contributed by atoms with E-state index in [1.54, 1.807) is 37.3 Å². The zero-order chi connectivity index (χ0) is 61.9. The number of aromatic nitrogens is 1. The average Bonchev–Trinajstić information content (AvgIpc) is 2.70. The Kier molecular flexibility index (Phi) is 27.1. The van der Waals surface area contributed by atoms with Gasteiger partial charge in [-0.15, -0.1) is 11.3 Å². The maximum Gasteiger partial charge on any atom is 0.306 e. The number of likely N-dealkylation sites (N-methyl/N-ethyl adjacent to an activating group) is 2. The van der Waals surface area contributed by atoms with Crippen LogP contribution >= 0.6 is 11.3 Å². The number of esters is 1. The van der Waals surface area contributed by atoms with E-state index < -0.39 is 48.1 Å². The van der Waals surface area contributed by atoms with Crippen LogP contribution in [0.5, 0.6) is 0 Å². The number of benzene rings is 3. The normalized spacial score (nSPS) is 17.9. The lowest BCUT2D eigenvalue weighted by atomic mass is 9.87. The highest BCUT2D eigenvalue weighted by atomic mass is 32.1. The van der Waals surface area contributed by atoms with E-state index in [0.29, 0.717) is 13.0 Å². The third kappa shape index (κ3) is 17.6. The van der Waals surface area contributed by atoms with Crippen molar-refractivity contribution < 1.29 is 52.8 Å². The van der Waals surface area contributed by atoms with Gasteiger partial charge in [0.05, 0.1) is 73.6 Å². The molecule has 1 aromatic heterocycles. The van der Waals surface area contributed by atoms with E-state index in [-0.39, 0.29) is 103 Å². The molecule has 4 aromatic rings. The van der Waals surface area contributed by atoms with Crippen molar-refractivity contribution >= 4 is 46.9 Å². The largest absolute Gasteiger partial charge is 0.481 e. The number of hydrogen-bond acceptors (Lipinski definition) is 12. The fraction of sp³-hybridized carbons (Fsp3) is 0.597. The third-order valence-electron chi connectivity index (χ3n) is 18.0. The zero-order valence-electron chi connectivity index (χ0n) is 52.6. The van der Waals surface area contributed by atoms with Gasteiger partial charge in [-0.05, 0) is 70.8 Å². The van der Waals surface area contributed by atoms with Crippen molar-refractivity contribution in [1.29, 1.82) is 0 Å². The van der Waals surface area contributed by atoms with Gasteiger partial charge in [0.1, 0.15) is 11.6 Å². The average molecular weight is 1180 g/mol. The number of carbonyl (C=O) groups excluding carboxylic acids is 5. The molecule has 6 rings (SSSR count). The fourth-order valence-electron chi connectivity index (χ4n) is 12.3. The Hall–Kier alpha value is -6.01. The van der Waals surface area contributed by atoms with Gasteiger partial charge in [-0.3, -0.25) is 28.8 Å². The second-order valence-corrected chi connectivity index (χ2v) is 24.8. The van der Waals surface area contributed by atoms with E-state index in [2.05, 4.69) is 62.3 Å². The number of carboxylic acids is 1. The van der Waals surface area contributed by atoms with Crippen LogP contribution in [0.4, 0.5) is 0 Å². The Balaban J connectivity index is 0.000000313. The van der Waals surface area contributed by atoms with Crippen LogP contribution in [0.1, 0.15) is 148 Å². The molecule has 1 aliphatic carbocycles. The van der Waals surface area contributed by atoms with Gasteiger partial charge >= 0.3 is 11.9 Å². The molecular weight excluding hydrogens is 1080 g/mol. The number of nitrogens with zero attached hydrogens (tertiary/aromatic N) is 4. The van der Waals surface area contributed by atoms with E-state index in [1.165, 1.54) is 18.4 Å². The van der Waals surface area contributed by atoms with Crippen LogP contribution in [0.3, 0.4) is 0 Å². The molecule has 462 valence electrons. The lowest BCUT2D eigenvalue weighted by Crippen LogP contribution is -2.54. The molecule has 84 heavy (non-hydrogen) atoms. The molecule has 1 aliphatic heterocycles. The number of amides is 4. The first kappa shape index (κ1) is 68.8. The van der Waals surface area contributed by atoms with Crippen LogP contribution < -0.4 is 5.32 Å². The molecule has 0 spiro atoms. The molecule has 0 unspecified atom stereocenters. The standard InChI is InChI=1S/C36H56N4O5S.C31H41NO6/c1-10-24(4)32(39(7)36(43)25(5)23(2)3)30(44-8)22-31(41)40-19-14-17-29(40)33(45-9)26(6)34(42)38-28(35-37-18-20-46-35)21-27-15-12-11-13-16-27;1-7-20(4)30(27(37-6)17-28(33)34)32(5)31(36)25(19(2)3)16-29(35)38-18-26-23-14-10-8-12-21(23)22-13-9-11-15-24(22)26/h11-13,15-16,18,20,23-26,28-30,32-33H,10,14,17,19,21-22H2,1-9H3,(H,38,42);8-15,19-20,25-27,30H,7,16-18H2,1-6H3,(H,33,34)/t24-,25-,26+,28-,29-,30+,32-,33+;20-,25-,27+,30-/m00/s1. The van der Waals surface area contributed by atoms with Crippen molar-refractivity contribution in [2.24, 2.45) is 41.4 Å². The SMILES string of the molecule is CC[C@H](C)[C@@H]([C@@H](CC(=O)N1CCC[C@H]1[C@H](OC)[C@@H](C)C(=O)N[C@@H](Cc1ccccc1)c1nccs1)OC)N(C)C(=O)[C@@H](C)C(C)C.CC[C@H](C)[C@@H]([C@@H](CC(=O)O)OC)N(C)C(=O)[C@@H](CC(=O)OCC1c2ccccc2-c2ccccc21)C(C)C. The van der Waals surface area contributed by atoms with Crippen LogP contribution in [-0.4, -0.2) is 145 Å². The van der Waals surface area contributed by atoms with Crippen molar-refractivity contribution in [3.63, 3.8) is 0 Å². The minimum atomic E-state index is -0.981. The van der Waals surface area contributed by atoms with Gasteiger partial charge in [0, 0.05) is 65.4 Å². The maximum atomic E-state index is 14.0. The number of fused-ring (bicyclic) bond motifs is 3. The van der Waals surface area contributed by atoms with Crippen molar-refractivity contribution in [3.05, 3.63) is 112 Å². The van der Waals surface area contributed by atoms with E-state index >= 15 is 0 Å². The maximum absolute atomic E-state index is 14.0. The topological polar surface area (TPSA) is 194 Å². The first-order valence-electron chi connectivity index (χ1n) is 30.3. The Morgan fingerprint density at radius 2 is 1.25 bits per heavy atom. The number of thiazole rings is 1. The van der Waals surface area contributed by atoms with Gasteiger partial charge in [-0.2, -0.15) is 0 Å². The molecule has 0 saturated carbocycles. The lowest BCUT2D eigenvalue weighted by molar-refractivity contribution is -0.153. The Labute approximate surface area is 504 Å². The van der Waals surface area contributed by atoms with Gasteiger partial charge in [-0.25, -0.2) is 4.98 Å². The van der Waals surface area contributed by atoms with Crippen LogP contribution in [0, 0.1) is 41.4 Å². The highest BCUT2D eigenvalue weighted by Gasteiger charge is 2.44. The number of carbonyl (C=O) groups is 6. The minimum absolute atomic E-state index is 0.00974. The number of ether oxygens (including phenoxy) is 4. The fourth-order valence-corrected chi connectivity index (χ4v) is 13.0. The minimum Gasteiger partial charge on any atom is -0.481 e. The molecular formula is C67H97N5O11S. The summed E-state index contributed by atoms with van der Waals surface area (Å²) in [5.74, 6) is -2.74. The van der Waals surface area contributed by atoms with Crippen molar-refractivity contribution in [2.75, 3.05) is 48.6 Å². The van der Waals surface area contributed by atoms with Gasteiger partial charge in [0.2, 0.25) is 23.6 Å². The molecule has 17 heteroatoms. The molecule has 2 heterocycles. The van der Waals surface area contributed by atoms with Crippen LogP contribution in [-0.2, 0) is 54.1 Å². The predicted octanol–water partition coefficient (Wildman–Crippen LogP) is 11.1. The van der Waals surface area contributed by atoms with Crippen molar-refractivity contribution in [1.82, 2.24) is 25.0 Å². The molecule has 4 amide bonds. The summed E-state index contributed by atoms with van der Waals surface area (Å²) >= 11 is 1.52. The zero-order valence-corrected chi connectivity index (χ0v) is 53.4. The highest BCUT2D eigenvalue weighted by molar-refractivity contribution is 7.09. The van der Waals surface area contributed by atoms with E-state index in [0.717, 1.165) is 58.5 Å². The number of methoxy groups -OCH3 is 3. The summed E-state index contributed by atoms with van der Waals surface area (Å²) in [6, 6.07) is 25.2. The predicted molar refractivity (Wildman–Crippen MR) is 330 cm³/mol. The van der Waals surface area contributed by atoms with Crippen molar-refractivity contribution in [3.8, 4) is 11.1 Å². The molecule has 0 bridgehead atoms. The number of rotatable bonds is 30. The Morgan fingerprint density at radius 1 is 0.702 bits per heavy atom. The number of nitrogens with one attached hydrogen (secondary N) is 1. The summed E-state index contributed by atoms with van der Waals surface area (Å²) in [4.78, 5) is 89.1. The number of aliphatic carboxylic acids is 1. The first-order valence-corrected chi connectivity index (χ1v) is 31.1. The molecule has 16 nitrogen and oxygen atoms in total. The second-order valence-electron chi connectivity index (χ2n) is 23.9. The van der Waals surface area contributed by atoms with Crippen LogP contribution in [0.15, 0.2) is 90.4 Å². The summed E-state index contributed by atoms with van der Waals surface area (Å²) in [6.07, 6.45) is 3.86. The van der Waals surface area contributed by atoms with Crippen LogP contribution in [0.25, 0.3) is 11.1 Å². The Bertz CT molecular complexity index is 2680. The third-order valence-corrected chi connectivity index (χ3v) is 18.8. The molecule has 12 atom stereocenters. The Morgan fingerprint density at radius 3 is 1.75 bits per heavy atom. The summed E-state index contributed by atoms with van der Waals surface area (Å²) in [7, 11) is 8.23. The molecule has 1 fully saturated rings. The first-order chi connectivity index (χ1) is 40.0. The van der Waals surface area contributed by atoms with E-state index in [9.17, 15) is 33.9 Å². The van der Waals surface area contributed by atoms with Gasteiger partial charge in [0.25, 0.3) is 0 Å². The highest BCUT2D eigenvalue weighted by Crippen LogP contribution is 2.45. The lowest BCUT2D eigenvalue weighted by Gasteiger charge is -2.40. The molecule has 1 saturated heterocycles. The number of carboxylic acid groups (broad SMARTS) is 1. The van der Waals surface area contributed by atoms with E-state index in [1.807, 2.05) is 113 Å². The van der Waals surface area contributed by atoms with E-state index in [4.69, 9.17) is 18.9 Å². The summed E-state index contributed by atoms with van der Waals surface area (Å²) in [5, 5.41) is 15.4. The van der Waals surface area contributed by atoms with Gasteiger partial charge in [-0.1, -0.05) is 161 Å². The van der Waals surface area contributed by atoms with Gasteiger partial charge < -0.3 is 44.1 Å². The monoisotopic (exact) mass is 1180 g/mol. The second kappa shape index (κ2) is 33.0.